The predicted octanol–water partition coefficient (Wildman–Crippen LogP) is 4.39. The molecule has 0 spiro atoms. The molecule has 1 amide bonds. The topological polar surface area (TPSA) is 64.0 Å². The monoisotopic (exact) mass is 411 g/mol. The van der Waals surface area contributed by atoms with Gasteiger partial charge >= 0.3 is 0 Å². The van der Waals surface area contributed by atoms with Crippen LogP contribution in [0.25, 0.3) is 10.2 Å². The maximum absolute atomic E-state index is 13.1. The van der Waals surface area contributed by atoms with Crippen LogP contribution in [0, 0.1) is 5.82 Å². The van der Waals surface area contributed by atoms with Crippen LogP contribution in [0.3, 0.4) is 0 Å². The fourth-order valence-corrected chi connectivity index (χ4v) is 4.18. The Morgan fingerprint density at radius 2 is 2.23 bits per heavy atom. The van der Waals surface area contributed by atoms with Crippen LogP contribution in [0.5, 0.6) is 0 Å². The van der Waals surface area contributed by atoms with Crippen molar-refractivity contribution in [1.82, 2.24) is 9.55 Å². The number of fused-ring (bicyclic) bond motifs is 1. The second kappa shape index (κ2) is 8.20. The van der Waals surface area contributed by atoms with Gasteiger partial charge in [-0.2, -0.15) is 0 Å². The lowest BCUT2D eigenvalue weighted by Gasteiger charge is -2.11. The van der Waals surface area contributed by atoms with Gasteiger partial charge in [-0.25, -0.2) is 9.37 Å². The molecule has 3 rings (SSSR count). The molecule has 0 bridgehead atoms. The number of carbonyl (C=O) groups excluding carboxylic acids is 1. The second-order valence-corrected chi connectivity index (χ2v) is 7.71. The van der Waals surface area contributed by atoms with Crippen LogP contribution in [0.4, 0.5) is 10.1 Å². The van der Waals surface area contributed by atoms with Gasteiger partial charge in [0.2, 0.25) is 5.91 Å². The molecular formula is C17H15ClFN3O2S2. The molecule has 26 heavy (non-hydrogen) atoms. The summed E-state index contributed by atoms with van der Waals surface area (Å²) in [6.07, 6.45) is 0.781. The number of nitrogens with zero attached hydrogens (tertiary/aromatic N) is 2. The van der Waals surface area contributed by atoms with Crippen LogP contribution < -0.4 is 10.9 Å². The molecule has 3 aromatic rings. The van der Waals surface area contributed by atoms with Gasteiger partial charge in [-0.3, -0.25) is 14.2 Å². The van der Waals surface area contributed by atoms with Crippen molar-refractivity contribution in [3.05, 3.63) is 50.8 Å². The van der Waals surface area contributed by atoms with Crippen LogP contribution in [-0.4, -0.2) is 21.2 Å². The van der Waals surface area contributed by atoms with Crippen molar-refractivity contribution in [3.63, 3.8) is 0 Å². The van der Waals surface area contributed by atoms with E-state index in [1.807, 2.05) is 12.3 Å². The van der Waals surface area contributed by atoms with E-state index < -0.39 is 5.82 Å². The summed E-state index contributed by atoms with van der Waals surface area (Å²) in [5, 5.41) is 5.09. The molecule has 9 heteroatoms. The molecule has 0 aliphatic heterocycles. The number of amides is 1. The third kappa shape index (κ3) is 4.08. The van der Waals surface area contributed by atoms with Gasteiger partial charge < -0.3 is 5.32 Å². The minimum Gasteiger partial charge on any atom is -0.324 e. The molecule has 0 radical (unpaired) electrons. The number of hydrogen-bond donors (Lipinski definition) is 1. The zero-order valence-electron chi connectivity index (χ0n) is 13.8. The minimum absolute atomic E-state index is 0.0551. The number of thiophene rings is 1. The Morgan fingerprint density at radius 3 is 2.96 bits per heavy atom. The molecule has 1 aromatic carbocycles. The smallest absolute Gasteiger partial charge is 0.272 e. The van der Waals surface area contributed by atoms with E-state index in [9.17, 15) is 14.0 Å². The molecule has 0 saturated carbocycles. The first-order valence-electron chi connectivity index (χ1n) is 7.85. The first-order valence-corrected chi connectivity index (χ1v) is 10.1. The van der Waals surface area contributed by atoms with Gasteiger partial charge in [-0.1, -0.05) is 30.3 Å². The highest BCUT2D eigenvalue weighted by atomic mass is 35.5. The third-order valence-electron chi connectivity index (χ3n) is 3.52. The summed E-state index contributed by atoms with van der Waals surface area (Å²) in [7, 11) is 0. The summed E-state index contributed by atoms with van der Waals surface area (Å²) < 4.78 is 15.3. The van der Waals surface area contributed by atoms with Crippen LogP contribution >= 0.6 is 34.7 Å². The Morgan fingerprint density at radius 1 is 1.42 bits per heavy atom. The van der Waals surface area contributed by atoms with Crippen molar-refractivity contribution in [1.29, 1.82) is 0 Å². The second-order valence-electron chi connectivity index (χ2n) is 5.45. The quantitative estimate of drug-likeness (QED) is 0.482. The van der Waals surface area contributed by atoms with Crippen molar-refractivity contribution < 1.29 is 9.18 Å². The van der Waals surface area contributed by atoms with E-state index in [2.05, 4.69) is 10.3 Å². The number of thioether (sulfide) groups is 1. The van der Waals surface area contributed by atoms with E-state index in [1.54, 1.807) is 10.6 Å². The van der Waals surface area contributed by atoms with Crippen molar-refractivity contribution in [2.75, 3.05) is 11.1 Å². The van der Waals surface area contributed by atoms with E-state index in [0.29, 0.717) is 27.6 Å². The summed E-state index contributed by atoms with van der Waals surface area (Å²) in [4.78, 5) is 29.3. The number of nitrogens with one attached hydrogen (secondary N) is 1. The Balaban J connectivity index is 1.77. The number of benzene rings is 1. The largest absolute Gasteiger partial charge is 0.324 e. The average molecular weight is 412 g/mol. The van der Waals surface area contributed by atoms with E-state index in [-0.39, 0.29) is 22.2 Å². The summed E-state index contributed by atoms with van der Waals surface area (Å²) >= 11 is 8.46. The highest BCUT2D eigenvalue weighted by molar-refractivity contribution is 7.99. The first-order chi connectivity index (χ1) is 12.5. The molecule has 2 aromatic heterocycles. The number of anilines is 1. The van der Waals surface area contributed by atoms with Crippen LogP contribution in [0.15, 0.2) is 39.6 Å². The molecule has 2 heterocycles. The lowest BCUT2D eigenvalue weighted by molar-refractivity contribution is -0.113. The normalized spacial score (nSPS) is 11.0. The van der Waals surface area contributed by atoms with E-state index in [1.165, 1.54) is 35.2 Å². The summed E-state index contributed by atoms with van der Waals surface area (Å²) in [6, 6.07) is 5.55. The van der Waals surface area contributed by atoms with Gasteiger partial charge in [-0.15, -0.1) is 11.3 Å². The lowest BCUT2D eigenvalue weighted by Crippen LogP contribution is -2.23. The molecule has 0 aliphatic carbocycles. The molecule has 136 valence electrons. The van der Waals surface area contributed by atoms with Crippen molar-refractivity contribution in [2.45, 2.75) is 25.0 Å². The molecular weight excluding hydrogens is 397 g/mol. The molecule has 0 aliphatic rings. The highest BCUT2D eigenvalue weighted by Crippen LogP contribution is 2.24. The number of carbonyl (C=O) groups is 1. The van der Waals surface area contributed by atoms with Gasteiger partial charge in [0.15, 0.2) is 5.16 Å². The minimum atomic E-state index is -0.473. The van der Waals surface area contributed by atoms with Crippen LogP contribution in [0.2, 0.25) is 5.02 Å². The summed E-state index contributed by atoms with van der Waals surface area (Å²) in [5.74, 6) is -0.732. The number of hydrogen-bond acceptors (Lipinski definition) is 5. The van der Waals surface area contributed by atoms with Gasteiger partial charge in [0.25, 0.3) is 5.56 Å². The zero-order chi connectivity index (χ0) is 18.7. The first kappa shape index (κ1) is 18.9. The van der Waals surface area contributed by atoms with E-state index in [0.717, 1.165) is 12.5 Å². The average Bonchev–Trinajstić information content (AvgIpc) is 3.07. The van der Waals surface area contributed by atoms with Gasteiger partial charge in [0, 0.05) is 6.54 Å². The number of halogens is 2. The van der Waals surface area contributed by atoms with E-state index >= 15 is 0 Å². The van der Waals surface area contributed by atoms with Gasteiger partial charge in [0.1, 0.15) is 10.5 Å². The van der Waals surface area contributed by atoms with Crippen molar-refractivity contribution in [2.24, 2.45) is 0 Å². The highest BCUT2D eigenvalue weighted by Gasteiger charge is 2.14. The molecule has 1 N–H and O–H groups in total. The molecule has 0 atom stereocenters. The predicted molar refractivity (Wildman–Crippen MR) is 105 cm³/mol. The standard InChI is InChI=1S/C17H15ClFN3O2S2/c1-2-6-22-16(24)15-13(5-7-25-15)21-17(22)26-9-14(23)20-12-4-3-10(19)8-11(12)18/h3-5,7-8H,2,6,9H2,1H3,(H,20,23). The van der Waals surface area contributed by atoms with Crippen LogP contribution in [0.1, 0.15) is 13.3 Å². The Hall–Kier alpha value is -1.90. The third-order valence-corrected chi connectivity index (χ3v) is 5.70. The Bertz CT molecular complexity index is 1020. The lowest BCUT2D eigenvalue weighted by atomic mass is 10.3. The van der Waals surface area contributed by atoms with Gasteiger partial charge in [0.05, 0.1) is 22.0 Å². The molecule has 5 nitrogen and oxygen atoms in total. The molecule has 0 unspecified atom stereocenters. The zero-order valence-corrected chi connectivity index (χ0v) is 16.2. The van der Waals surface area contributed by atoms with Crippen molar-refractivity contribution in [3.8, 4) is 0 Å². The molecule has 0 saturated heterocycles. The number of aromatic nitrogens is 2. The maximum Gasteiger partial charge on any atom is 0.272 e. The van der Waals surface area contributed by atoms with Gasteiger partial charge in [-0.05, 0) is 36.1 Å². The fraction of sp³-hybridized carbons (Fsp3) is 0.235. The van der Waals surface area contributed by atoms with Crippen molar-refractivity contribution >= 4 is 56.5 Å². The number of rotatable bonds is 6. The maximum atomic E-state index is 13.1. The fourth-order valence-electron chi connectivity index (χ4n) is 2.36. The van der Waals surface area contributed by atoms with E-state index in [4.69, 9.17) is 11.6 Å². The Kier molecular flexibility index (Phi) is 5.95. The summed E-state index contributed by atoms with van der Waals surface area (Å²) in [6.45, 7) is 2.51. The molecule has 0 fully saturated rings. The SMILES string of the molecule is CCCn1c(SCC(=O)Nc2ccc(F)cc2Cl)nc2ccsc2c1=O. The van der Waals surface area contributed by atoms with Crippen LogP contribution in [-0.2, 0) is 11.3 Å². The summed E-state index contributed by atoms with van der Waals surface area (Å²) in [5.41, 5.74) is 0.888. The Labute approximate surface area is 162 Å².